The summed E-state index contributed by atoms with van der Waals surface area (Å²) in [7, 11) is -7.81. The molecule has 2 N–H and O–H groups in total. The number of phosphoric ester groups is 1. The number of hydrogen-bond donors (Lipinski definition) is 2. The molecule has 0 saturated heterocycles. The highest BCUT2D eigenvalue weighted by atomic mass is 32.2. The van der Waals surface area contributed by atoms with E-state index in [1.165, 1.54) is 0 Å². The summed E-state index contributed by atoms with van der Waals surface area (Å²) in [6, 6.07) is 0. The van der Waals surface area contributed by atoms with E-state index in [4.69, 9.17) is 9.79 Å². The molecule has 0 amide bonds. The van der Waals surface area contributed by atoms with Gasteiger partial charge in [-0.15, -0.1) is 0 Å². The molecule has 0 bridgehead atoms. The highest BCUT2D eigenvalue weighted by molar-refractivity contribution is 7.91. The standard InChI is InChI=1S/C8H17O6PS/c9-15(10,11)14-5-6-16(12,13)7-8-3-1-2-4-8/h8H,1-7H2,(H2,9,10,11). The Kier molecular flexibility index (Phi) is 4.94. The maximum Gasteiger partial charge on any atom is 0.469 e. The van der Waals surface area contributed by atoms with Gasteiger partial charge in [-0.1, -0.05) is 12.8 Å². The fraction of sp³-hybridized carbons (Fsp3) is 1.00. The predicted molar refractivity (Wildman–Crippen MR) is 58.6 cm³/mol. The third-order valence-electron chi connectivity index (χ3n) is 2.62. The first-order valence-electron chi connectivity index (χ1n) is 5.19. The molecule has 1 fully saturated rings. The van der Waals surface area contributed by atoms with Gasteiger partial charge in [-0.05, 0) is 18.8 Å². The number of sulfone groups is 1. The van der Waals surface area contributed by atoms with Gasteiger partial charge in [-0.3, -0.25) is 4.52 Å². The zero-order valence-corrected chi connectivity index (χ0v) is 10.6. The van der Waals surface area contributed by atoms with Crippen molar-refractivity contribution < 1.29 is 27.3 Å². The van der Waals surface area contributed by atoms with E-state index in [0.717, 1.165) is 25.7 Å². The van der Waals surface area contributed by atoms with Gasteiger partial charge in [0.1, 0.15) is 0 Å². The van der Waals surface area contributed by atoms with Gasteiger partial charge in [-0.25, -0.2) is 13.0 Å². The van der Waals surface area contributed by atoms with Gasteiger partial charge in [0.15, 0.2) is 9.84 Å². The molecule has 0 unspecified atom stereocenters. The van der Waals surface area contributed by atoms with Crippen molar-refractivity contribution in [2.24, 2.45) is 5.92 Å². The molecule has 1 aliphatic carbocycles. The van der Waals surface area contributed by atoms with Crippen LogP contribution in [0.5, 0.6) is 0 Å². The smallest absolute Gasteiger partial charge is 0.303 e. The zero-order chi connectivity index (χ0) is 12.2. The Morgan fingerprint density at radius 3 is 2.31 bits per heavy atom. The van der Waals surface area contributed by atoms with Gasteiger partial charge >= 0.3 is 7.82 Å². The molecule has 6 nitrogen and oxygen atoms in total. The summed E-state index contributed by atoms with van der Waals surface area (Å²) in [5, 5.41) is 0. The summed E-state index contributed by atoms with van der Waals surface area (Å²) in [5.41, 5.74) is 0. The molecule has 0 aliphatic heterocycles. The summed E-state index contributed by atoms with van der Waals surface area (Å²) in [5.74, 6) is -0.00776. The van der Waals surface area contributed by atoms with Gasteiger partial charge in [-0.2, -0.15) is 0 Å². The first-order valence-corrected chi connectivity index (χ1v) is 8.54. The van der Waals surface area contributed by atoms with Gasteiger partial charge in [0.2, 0.25) is 0 Å². The van der Waals surface area contributed by atoms with Crippen LogP contribution in [-0.4, -0.2) is 36.3 Å². The Hall–Kier alpha value is 0.0600. The monoisotopic (exact) mass is 272 g/mol. The summed E-state index contributed by atoms with van der Waals surface area (Å²) in [6.07, 6.45) is 4.00. The van der Waals surface area contributed by atoms with Crippen LogP contribution in [-0.2, 0) is 18.9 Å². The third-order valence-corrected chi connectivity index (χ3v) is 4.91. The second-order valence-corrected chi connectivity index (χ2v) is 7.56. The van der Waals surface area contributed by atoms with E-state index in [-0.39, 0.29) is 17.4 Å². The Morgan fingerprint density at radius 1 is 1.25 bits per heavy atom. The maximum atomic E-state index is 11.5. The molecule has 0 atom stereocenters. The van der Waals surface area contributed by atoms with Crippen LogP contribution < -0.4 is 0 Å². The van der Waals surface area contributed by atoms with Crippen molar-refractivity contribution in [1.29, 1.82) is 0 Å². The van der Waals surface area contributed by atoms with Crippen molar-refractivity contribution in [2.45, 2.75) is 25.7 Å². The Balaban J connectivity index is 2.31. The van der Waals surface area contributed by atoms with Crippen LogP contribution in [0.1, 0.15) is 25.7 Å². The van der Waals surface area contributed by atoms with Crippen molar-refractivity contribution in [1.82, 2.24) is 0 Å². The fourth-order valence-corrected chi connectivity index (χ4v) is 3.91. The van der Waals surface area contributed by atoms with E-state index in [9.17, 15) is 13.0 Å². The van der Waals surface area contributed by atoms with Crippen molar-refractivity contribution in [3.05, 3.63) is 0 Å². The topological polar surface area (TPSA) is 101 Å². The van der Waals surface area contributed by atoms with Crippen LogP contribution in [0.25, 0.3) is 0 Å². The normalized spacial score (nSPS) is 19.1. The number of hydrogen-bond acceptors (Lipinski definition) is 4. The molecule has 0 aromatic carbocycles. The Bertz CT molecular complexity index is 353. The summed E-state index contributed by atoms with van der Waals surface area (Å²) >= 11 is 0. The average molecular weight is 272 g/mol. The largest absolute Gasteiger partial charge is 0.469 e. The lowest BCUT2D eigenvalue weighted by molar-refractivity contribution is 0.207. The highest BCUT2D eigenvalue weighted by Gasteiger charge is 2.23. The van der Waals surface area contributed by atoms with Gasteiger partial charge in [0.05, 0.1) is 18.1 Å². The van der Waals surface area contributed by atoms with Crippen LogP contribution in [0.4, 0.5) is 0 Å². The molecule has 0 aromatic heterocycles. The van der Waals surface area contributed by atoms with Crippen molar-refractivity contribution >= 4 is 17.7 Å². The Labute approximate surface area is 95.2 Å². The molecule has 0 radical (unpaired) electrons. The predicted octanol–water partition coefficient (Wildman–Crippen LogP) is 0.701. The molecular formula is C8H17O6PS. The molecule has 96 valence electrons. The number of rotatable bonds is 6. The van der Waals surface area contributed by atoms with Gasteiger partial charge < -0.3 is 9.79 Å². The molecule has 1 rings (SSSR count). The fourth-order valence-electron chi connectivity index (χ4n) is 1.90. The van der Waals surface area contributed by atoms with E-state index >= 15 is 0 Å². The van der Waals surface area contributed by atoms with Crippen LogP contribution in [0.3, 0.4) is 0 Å². The lowest BCUT2D eigenvalue weighted by Gasteiger charge is -2.10. The zero-order valence-electron chi connectivity index (χ0n) is 8.91. The van der Waals surface area contributed by atoms with Gasteiger partial charge in [0.25, 0.3) is 0 Å². The minimum atomic E-state index is -4.55. The van der Waals surface area contributed by atoms with Crippen LogP contribution >= 0.6 is 7.82 Å². The molecule has 16 heavy (non-hydrogen) atoms. The van der Waals surface area contributed by atoms with E-state index in [0.29, 0.717) is 0 Å². The third kappa shape index (κ3) is 5.96. The van der Waals surface area contributed by atoms with Crippen molar-refractivity contribution in [3.8, 4) is 0 Å². The van der Waals surface area contributed by atoms with E-state index in [2.05, 4.69) is 4.52 Å². The molecule has 0 heterocycles. The minimum Gasteiger partial charge on any atom is -0.303 e. The number of phosphoric acid groups is 1. The van der Waals surface area contributed by atoms with Crippen molar-refractivity contribution in [3.63, 3.8) is 0 Å². The molecule has 0 aromatic rings. The Morgan fingerprint density at radius 2 is 1.81 bits per heavy atom. The first-order chi connectivity index (χ1) is 7.29. The van der Waals surface area contributed by atoms with E-state index in [1.807, 2.05) is 0 Å². The maximum absolute atomic E-state index is 11.5. The second-order valence-electron chi connectivity index (χ2n) is 4.09. The molecule has 1 saturated carbocycles. The highest BCUT2D eigenvalue weighted by Crippen LogP contribution is 2.35. The first kappa shape index (κ1) is 14.1. The second kappa shape index (κ2) is 5.60. The van der Waals surface area contributed by atoms with Crippen LogP contribution in [0, 0.1) is 5.92 Å². The van der Waals surface area contributed by atoms with Crippen LogP contribution in [0.2, 0.25) is 0 Å². The summed E-state index contributed by atoms with van der Waals surface area (Å²) in [6.45, 7) is -0.445. The quantitative estimate of drug-likeness (QED) is 0.690. The summed E-state index contributed by atoms with van der Waals surface area (Å²) in [4.78, 5) is 16.8. The lowest BCUT2D eigenvalue weighted by atomic mass is 10.1. The molecule has 0 spiro atoms. The molecular weight excluding hydrogens is 255 g/mol. The minimum absolute atomic E-state index is 0.109. The van der Waals surface area contributed by atoms with Crippen LogP contribution in [0.15, 0.2) is 0 Å². The lowest BCUT2D eigenvalue weighted by Crippen LogP contribution is -2.19. The summed E-state index contributed by atoms with van der Waals surface area (Å²) < 4.78 is 37.5. The van der Waals surface area contributed by atoms with E-state index in [1.54, 1.807) is 0 Å². The average Bonchev–Trinajstić information content (AvgIpc) is 2.52. The van der Waals surface area contributed by atoms with E-state index < -0.39 is 24.3 Å². The molecule has 8 heteroatoms. The SMILES string of the molecule is O=P(O)(O)OCCS(=O)(=O)CC1CCCC1. The van der Waals surface area contributed by atoms with Crippen molar-refractivity contribution in [2.75, 3.05) is 18.1 Å². The molecule has 1 aliphatic rings. The van der Waals surface area contributed by atoms with Gasteiger partial charge in [0, 0.05) is 0 Å².